The van der Waals surface area contributed by atoms with Gasteiger partial charge in [-0.2, -0.15) is 5.10 Å². The zero-order valence-electron chi connectivity index (χ0n) is 22.3. The second kappa shape index (κ2) is 12.2. The van der Waals surface area contributed by atoms with Crippen LogP contribution >= 0.6 is 11.6 Å². The number of halogens is 1. The number of rotatable bonds is 10. The molecule has 1 aromatic heterocycles. The molecule has 0 aliphatic carbocycles. The molecular weight excluding hydrogens is 570 g/mol. The molecule has 0 spiro atoms. The van der Waals surface area contributed by atoms with Crippen LogP contribution in [-0.2, 0) is 14.8 Å². The summed E-state index contributed by atoms with van der Waals surface area (Å²) < 4.78 is 35.0. The van der Waals surface area contributed by atoms with Crippen molar-refractivity contribution in [3.8, 4) is 5.69 Å². The van der Waals surface area contributed by atoms with Crippen LogP contribution in [0.5, 0.6) is 0 Å². The van der Waals surface area contributed by atoms with Gasteiger partial charge in [-0.05, 0) is 81.4 Å². The first kappa shape index (κ1) is 29.3. The maximum Gasteiger partial charge on any atom is 0.338 e. The quantitative estimate of drug-likeness (QED) is 0.0978. The topological polar surface area (TPSA) is 145 Å². The van der Waals surface area contributed by atoms with Crippen LogP contribution in [0.2, 0.25) is 5.02 Å². The van der Waals surface area contributed by atoms with Crippen molar-refractivity contribution in [1.29, 1.82) is 0 Å². The van der Waals surface area contributed by atoms with Crippen molar-refractivity contribution in [1.82, 2.24) is 4.57 Å². The summed E-state index contributed by atoms with van der Waals surface area (Å²) in [4.78, 5) is 22.7. The maximum atomic E-state index is 12.8. The van der Waals surface area contributed by atoms with Gasteiger partial charge < -0.3 is 9.30 Å². The van der Waals surface area contributed by atoms with E-state index in [0.29, 0.717) is 17.2 Å². The van der Waals surface area contributed by atoms with Crippen LogP contribution in [0.1, 0.15) is 34.2 Å². The van der Waals surface area contributed by atoms with E-state index in [1.807, 2.05) is 36.6 Å². The van der Waals surface area contributed by atoms with Gasteiger partial charge in [0.25, 0.3) is 15.7 Å². The molecule has 13 heteroatoms. The molecule has 1 heterocycles. The monoisotopic (exact) mass is 595 g/mol. The highest BCUT2D eigenvalue weighted by atomic mass is 35.5. The molecule has 0 saturated carbocycles. The molecule has 0 unspecified atom stereocenters. The lowest BCUT2D eigenvalue weighted by Gasteiger charge is -2.10. The van der Waals surface area contributed by atoms with Crippen LogP contribution in [0.3, 0.4) is 0 Å². The molecule has 3 aromatic carbocycles. The standard InChI is InChI=1S/C28H26ClN5O6S/c1-4-40-28(35)20-8-10-24(11-9-20)33-18(2)14-21(19(33)3)17-30-31-26-13-12-25(16-27(26)34(36)37)41(38,39)32-23-7-5-6-22(29)15-23/h5-17,31-32H,4H2,1-3H3/b30-17+. The highest BCUT2D eigenvalue weighted by Crippen LogP contribution is 2.29. The Labute approximate surface area is 241 Å². The predicted octanol–water partition coefficient (Wildman–Crippen LogP) is 6.08. The summed E-state index contributed by atoms with van der Waals surface area (Å²) in [5.41, 5.74) is 6.18. The number of hydrogen-bond acceptors (Lipinski definition) is 8. The number of hydrogen-bond donors (Lipinski definition) is 2. The zero-order valence-corrected chi connectivity index (χ0v) is 23.9. The Hall–Kier alpha value is -4.68. The molecule has 0 radical (unpaired) electrons. The lowest BCUT2D eigenvalue weighted by Crippen LogP contribution is -2.13. The van der Waals surface area contributed by atoms with E-state index in [9.17, 15) is 23.3 Å². The summed E-state index contributed by atoms with van der Waals surface area (Å²) in [5.74, 6) is -0.393. The van der Waals surface area contributed by atoms with E-state index in [2.05, 4.69) is 15.2 Å². The molecule has 0 fully saturated rings. The molecular formula is C28H26ClN5O6S. The number of aromatic nitrogens is 1. The zero-order chi connectivity index (χ0) is 29.7. The number of benzene rings is 3. The van der Waals surface area contributed by atoms with Gasteiger partial charge in [-0.1, -0.05) is 17.7 Å². The fourth-order valence-electron chi connectivity index (χ4n) is 4.14. The van der Waals surface area contributed by atoms with E-state index in [-0.39, 0.29) is 16.3 Å². The number of carbonyl (C=O) groups excluding carboxylic acids is 1. The molecule has 0 aliphatic heterocycles. The molecule has 212 valence electrons. The van der Waals surface area contributed by atoms with Gasteiger partial charge in [-0.15, -0.1) is 0 Å². The van der Waals surface area contributed by atoms with Crippen molar-refractivity contribution >= 4 is 50.9 Å². The Bertz CT molecular complexity index is 1750. The largest absolute Gasteiger partial charge is 0.462 e. The fraction of sp³-hybridized carbons (Fsp3) is 0.143. The Morgan fingerprint density at radius 2 is 1.83 bits per heavy atom. The molecule has 2 N–H and O–H groups in total. The number of esters is 1. The van der Waals surface area contributed by atoms with Crippen LogP contribution in [0.4, 0.5) is 17.1 Å². The van der Waals surface area contributed by atoms with E-state index < -0.39 is 26.6 Å². The van der Waals surface area contributed by atoms with Crippen LogP contribution < -0.4 is 10.1 Å². The van der Waals surface area contributed by atoms with Gasteiger partial charge in [0.05, 0.1) is 33.9 Å². The fourth-order valence-corrected chi connectivity index (χ4v) is 5.40. The number of nitrogens with zero attached hydrogens (tertiary/aromatic N) is 3. The van der Waals surface area contributed by atoms with Crippen molar-refractivity contribution in [2.75, 3.05) is 16.8 Å². The number of sulfonamides is 1. The number of nitro benzene ring substituents is 1. The minimum atomic E-state index is -4.12. The number of anilines is 2. The molecule has 0 saturated heterocycles. The number of hydrazone groups is 1. The molecule has 4 aromatic rings. The van der Waals surface area contributed by atoms with Gasteiger partial charge >= 0.3 is 5.97 Å². The summed E-state index contributed by atoms with van der Waals surface area (Å²) in [6.07, 6.45) is 1.51. The first-order valence-corrected chi connectivity index (χ1v) is 14.2. The van der Waals surface area contributed by atoms with Crippen molar-refractivity contribution in [2.24, 2.45) is 5.10 Å². The normalized spacial score (nSPS) is 11.4. The Balaban J connectivity index is 1.54. The second-order valence-electron chi connectivity index (χ2n) is 8.85. The third kappa shape index (κ3) is 6.73. The second-order valence-corrected chi connectivity index (χ2v) is 11.0. The number of ether oxygens (including phenoxy) is 1. The summed E-state index contributed by atoms with van der Waals surface area (Å²) in [7, 11) is -4.12. The average molecular weight is 596 g/mol. The van der Waals surface area contributed by atoms with Gasteiger partial charge in [-0.25, -0.2) is 13.2 Å². The molecule has 11 nitrogen and oxygen atoms in total. The summed E-state index contributed by atoms with van der Waals surface area (Å²) >= 11 is 5.91. The molecule has 4 rings (SSSR count). The predicted molar refractivity (Wildman–Crippen MR) is 158 cm³/mol. The first-order valence-electron chi connectivity index (χ1n) is 12.3. The van der Waals surface area contributed by atoms with Crippen molar-refractivity contribution in [2.45, 2.75) is 25.7 Å². The van der Waals surface area contributed by atoms with E-state index in [1.165, 1.54) is 30.5 Å². The third-order valence-corrected chi connectivity index (χ3v) is 7.66. The molecule has 41 heavy (non-hydrogen) atoms. The third-order valence-electron chi connectivity index (χ3n) is 6.05. The highest BCUT2D eigenvalue weighted by molar-refractivity contribution is 7.92. The smallest absolute Gasteiger partial charge is 0.338 e. The van der Waals surface area contributed by atoms with Crippen molar-refractivity contribution in [3.63, 3.8) is 0 Å². The van der Waals surface area contributed by atoms with E-state index in [4.69, 9.17) is 16.3 Å². The lowest BCUT2D eigenvalue weighted by molar-refractivity contribution is -0.384. The van der Waals surface area contributed by atoms with Crippen LogP contribution in [-0.4, -0.2) is 36.7 Å². The number of nitro groups is 1. The molecule has 0 atom stereocenters. The average Bonchev–Trinajstić information content (AvgIpc) is 3.21. The summed E-state index contributed by atoms with van der Waals surface area (Å²) in [6.45, 7) is 5.85. The number of aryl methyl sites for hydroxylation is 1. The lowest BCUT2D eigenvalue weighted by atomic mass is 10.2. The van der Waals surface area contributed by atoms with Crippen molar-refractivity contribution < 1.29 is 22.9 Å². The van der Waals surface area contributed by atoms with Gasteiger partial charge in [0.15, 0.2) is 0 Å². The minimum Gasteiger partial charge on any atom is -0.462 e. The van der Waals surface area contributed by atoms with Gasteiger partial charge in [0.2, 0.25) is 0 Å². The Morgan fingerprint density at radius 1 is 1.10 bits per heavy atom. The number of nitrogens with one attached hydrogen (secondary N) is 2. The molecule has 0 bridgehead atoms. The minimum absolute atomic E-state index is 0.0105. The Morgan fingerprint density at radius 3 is 2.49 bits per heavy atom. The summed E-state index contributed by atoms with van der Waals surface area (Å²) in [5, 5.41) is 16.2. The van der Waals surface area contributed by atoms with Gasteiger partial charge in [0.1, 0.15) is 5.69 Å². The molecule has 0 amide bonds. The summed E-state index contributed by atoms with van der Waals surface area (Å²) in [6, 6.07) is 18.5. The first-order chi connectivity index (χ1) is 19.5. The van der Waals surface area contributed by atoms with E-state index >= 15 is 0 Å². The van der Waals surface area contributed by atoms with E-state index in [0.717, 1.165) is 28.7 Å². The number of carbonyl (C=O) groups is 1. The Kier molecular flexibility index (Phi) is 8.74. The van der Waals surface area contributed by atoms with Crippen LogP contribution in [0.25, 0.3) is 5.69 Å². The van der Waals surface area contributed by atoms with Crippen molar-refractivity contribution in [3.05, 3.63) is 110 Å². The maximum absolute atomic E-state index is 12.8. The van der Waals surface area contributed by atoms with Crippen LogP contribution in [0.15, 0.2) is 82.8 Å². The van der Waals surface area contributed by atoms with Crippen LogP contribution in [0, 0.1) is 24.0 Å². The SMILES string of the molecule is CCOC(=O)c1ccc(-n2c(C)cc(/C=N/Nc3ccc(S(=O)(=O)Nc4cccc(Cl)c4)cc3[N+](=O)[O-])c2C)cc1. The highest BCUT2D eigenvalue weighted by Gasteiger charge is 2.22. The van der Waals surface area contributed by atoms with Gasteiger partial charge in [0, 0.05) is 33.7 Å². The van der Waals surface area contributed by atoms with Gasteiger partial charge in [-0.3, -0.25) is 20.3 Å². The molecule has 0 aliphatic rings. The van der Waals surface area contributed by atoms with E-state index in [1.54, 1.807) is 31.2 Å².